The first-order chi connectivity index (χ1) is 9.49. The highest BCUT2D eigenvalue weighted by Crippen LogP contribution is 2.24. The van der Waals surface area contributed by atoms with Crippen LogP contribution in [0, 0.1) is 0 Å². The minimum absolute atomic E-state index is 0.0695. The van der Waals surface area contributed by atoms with Crippen molar-refractivity contribution in [3.63, 3.8) is 0 Å². The summed E-state index contributed by atoms with van der Waals surface area (Å²) < 4.78 is 4.55. The maximum absolute atomic E-state index is 12.3. The van der Waals surface area contributed by atoms with Gasteiger partial charge < -0.3 is 20.3 Å². The molecular formula is C12H15N3O5. The van der Waals surface area contributed by atoms with Gasteiger partial charge in [0.25, 0.3) is 5.91 Å². The Morgan fingerprint density at radius 2 is 2.05 bits per heavy atom. The minimum Gasteiger partial charge on any atom is -0.475 e. The molecule has 0 radical (unpaired) electrons. The summed E-state index contributed by atoms with van der Waals surface area (Å²) in [5.74, 6) is -2.88. The molecule has 1 heterocycles. The molecule has 20 heavy (non-hydrogen) atoms. The largest absolute Gasteiger partial charge is 0.475 e. The lowest BCUT2D eigenvalue weighted by Crippen LogP contribution is -2.44. The van der Waals surface area contributed by atoms with E-state index in [2.05, 4.69) is 9.68 Å². The predicted molar refractivity (Wildman–Crippen MR) is 65.9 cm³/mol. The van der Waals surface area contributed by atoms with Crippen LogP contribution in [-0.2, 0) is 4.79 Å². The summed E-state index contributed by atoms with van der Waals surface area (Å²) in [6.07, 6.45) is 3.55. The van der Waals surface area contributed by atoms with Gasteiger partial charge in [0.15, 0.2) is 5.69 Å². The van der Waals surface area contributed by atoms with Crippen molar-refractivity contribution < 1.29 is 24.0 Å². The number of carboxylic acid groups (broad SMARTS) is 1. The maximum Gasteiger partial charge on any atom is 0.374 e. The molecule has 2 amide bonds. The van der Waals surface area contributed by atoms with Crippen LogP contribution in [0.3, 0.4) is 0 Å². The Kier molecular flexibility index (Phi) is 4.02. The van der Waals surface area contributed by atoms with Crippen LogP contribution in [0.1, 0.15) is 46.7 Å². The maximum atomic E-state index is 12.3. The fourth-order valence-corrected chi connectivity index (χ4v) is 2.37. The number of aromatic nitrogens is 1. The summed E-state index contributed by atoms with van der Waals surface area (Å²) in [7, 11) is 0. The van der Waals surface area contributed by atoms with Gasteiger partial charge in [-0.3, -0.25) is 9.59 Å². The molecule has 3 N–H and O–H groups in total. The third-order valence-electron chi connectivity index (χ3n) is 3.29. The van der Waals surface area contributed by atoms with Gasteiger partial charge >= 0.3 is 5.97 Å². The van der Waals surface area contributed by atoms with E-state index in [1.165, 1.54) is 4.90 Å². The van der Waals surface area contributed by atoms with Gasteiger partial charge in [-0.1, -0.05) is 18.0 Å². The molecule has 0 spiro atoms. The minimum atomic E-state index is -1.31. The lowest BCUT2D eigenvalue weighted by Gasteiger charge is -2.26. The van der Waals surface area contributed by atoms with Crippen LogP contribution in [0.15, 0.2) is 10.6 Å². The highest BCUT2D eigenvalue weighted by atomic mass is 16.5. The summed E-state index contributed by atoms with van der Waals surface area (Å²) in [6.45, 7) is -0.210. The van der Waals surface area contributed by atoms with Crippen molar-refractivity contribution in [2.75, 3.05) is 6.54 Å². The Morgan fingerprint density at radius 1 is 1.40 bits per heavy atom. The van der Waals surface area contributed by atoms with Crippen LogP contribution in [0.2, 0.25) is 0 Å². The van der Waals surface area contributed by atoms with E-state index in [1.807, 2.05) is 0 Å². The van der Waals surface area contributed by atoms with E-state index in [9.17, 15) is 14.4 Å². The van der Waals surface area contributed by atoms with Crippen LogP contribution < -0.4 is 5.73 Å². The molecular weight excluding hydrogens is 266 g/mol. The number of primary amides is 1. The number of hydrogen-bond donors (Lipinski definition) is 2. The molecule has 1 aliphatic carbocycles. The molecule has 108 valence electrons. The van der Waals surface area contributed by atoms with Crippen LogP contribution in [-0.4, -0.2) is 45.5 Å². The third-order valence-corrected chi connectivity index (χ3v) is 3.29. The van der Waals surface area contributed by atoms with Crippen LogP contribution in [0.5, 0.6) is 0 Å². The first-order valence-electron chi connectivity index (χ1n) is 6.28. The number of nitrogens with zero attached hydrogens (tertiary/aromatic N) is 2. The topological polar surface area (TPSA) is 127 Å². The van der Waals surface area contributed by atoms with E-state index in [-0.39, 0.29) is 18.3 Å². The molecule has 0 aromatic carbocycles. The average Bonchev–Trinajstić information content (AvgIpc) is 3.05. The first-order valence-corrected chi connectivity index (χ1v) is 6.28. The fourth-order valence-electron chi connectivity index (χ4n) is 2.37. The smallest absolute Gasteiger partial charge is 0.374 e. The molecule has 0 bridgehead atoms. The van der Waals surface area contributed by atoms with Crippen molar-refractivity contribution in [2.24, 2.45) is 5.73 Å². The molecule has 0 aliphatic heterocycles. The molecule has 0 unspecified atom stereocenters. The van der Waals surface area contributed by atoms with E-state index in [0.29, 0.717) is 0 Å². The van der Waals surface area contributed by atoms with E-state index in [0.717, 1.165) is 31.7 Å². The average molecular weight is 281 g/mol. The first kappa shape index (κ1) is 14.0. The second kappa shape index (κ2) is 5.72. The summed E-state index contributed by atoms with van der Waals surface area (Å²) in [5.41, 5.74) is 5.03. The predicted octanol–water partition coefficient (Wildman–Crippen LogP) is 0.243. The lowest BCUT2D eigenvalue weighted by atomic mass is 10.2. The number of nitrogens with two attached hydrogens (primary N) is 1. The fraction of sp³-hybridized carbons (Fsp3) is 0.500. The molecule has 1 aromatic heterocycles. The van der Waals surface area contributed by atoms with Gasteiger partial charge in [-0.25, -0.2) is 4.79 Å². The Balaban J connectivity index is 2.19. The van der Waals surface area contributed by atoms with E-state index >= 15 is 0 Å². The molecule has 1 aromatic rings. The van der Waals surface area contributed by atoms with Crippen molar-refractivity contribution in [1.82, 2.24) is 10.1 Å². The van der Waals surface area contributed by atoms with E-state index in [1.54, 1.807) is 0 Å². The zero-order valence-electron chi connectivity index (χ0n) is 10.7. The second-order valence-electron chi connectivity index (χ2n) is 4.72. The third kappa shape index (κ3) is 2.95. The molecule has 0 saturated heterocycles. The van der Waals surface area contributed by atoms with Crippen molar-refractivity contribution in [3.05, 3.63) is 17.5 Å². The molecule has 0 atom stereocenters. The number of carbonyl (C=O) groups excluding carboxylic acids is 2. The Morgan fingerprint density at radius 3 is 2.55 bits per heavy atom. The quantitative estimate of drug-likeness (QED) is 0.796. The van der Waals surface area contributed by atoms with Gasteiger partial charge in [-0.2, -0.15) is 0 Å². The van der Waals surface area contributed by atoms with Gasteiger partial charge in [0.1, 0.15) is 0 Å². The van der Waals surface area contributed by atoms with Crippen LogP contribution in [0.4, 0.5) is 0 Å². The zero-order chi connectivity index (χ0) is 14.7. The van der Waals surface area contributed by atoms with Gasteiger partial charge in [0, 0.05) is 12.1 Å². The summed E-state index contributed by atoms with van der Waals surface area (Å²) in [5, 5.41) is 12.2. The highest BCUT2D eigenvalue weighted by molar-refractivity contribution is 5.96. The van der Waals surface area contributed by atoms with Crippen LogP contribution in [0.25, 0.3) is 0 Å². The summed E-state index contributed by atoms with van der Waals surface area (Å²) in [4.78, 5) is 35.5. The molecule has 8 heteroatoms. The van der Waals surface area contributed by atoms with Gasteiger partial charge in [-0.15, -0.1) is 0 Å². The van der Waals surface area contributed by atoms with Gasteiger partial charge in [0.05, 0.1) is 6.54 Å². The number of hydrogen-bond acceptors (Lipinski definition) is 5. The molecule has 1 aliphatic rings. The monoisotopic (exact) mass is 281 g/mol. The molecule has 1 fully saturated rings. The Labute approximate surface area is 114 Å². The summed E-state index contributed by atoms with van der Waals surface area (Å²) in [6, 6.07) is 0.980. The van der Waals surface area contributed by atoms with Crippen molar-refractivity contribution in [3.8, 4) is 0 Å². The SMILES string of the molecule is NC(=O)CN(C(=O)c1cc(C(=O)O)on1)C1CCCC1. The Hall–Kier alpha value is -2.38. The van der Waals surface area contributed by atoms with Crippen LogP contribution >= 0.6 is 0 Å². The molecule has 8 nitrogen and oxygen atoms in total. The molecule has 2 rings (SSSR count). The highest BCUT2D eigenvalue weighted by Gasteiger charge is 2.30. The standard InChI is InChI=1S/C12H15N3O5/c13-10(16)6-15(7-3-1-2-4-7)11(17)8-5-9(12(18)19)20-14-8/h5,7H,1-4,6H2,(H2,13,16)(H,18,19). The van der Waals surface area contributed by atoms with Crippen molar-refractivity contribution in [1.29, 1.82) is 0 Å². The summed E-state index contributed by atoms with van der Waals surface area (Å²) >= 11 is 0. The Bertz CT molecular complexity index is 533. The van der Waals surface area contributed by atoms with Gasteiger partial charge in [-0.05, 0) is 12.8 Å². The van der Waals surface area contributed by atoms with Crippen molar-refractivity contribution in [2.45, 2.75) is 31.7 Å². The second-order valence-corrected chi connectivity index (χ2v) is 4.72. The number of aromatic carboxylic acids is 1. The zero-order valence-corrected chi connectivity index (χ0v) is 10.7. The lowest BCUT2D eigenvalue weighted by molar-refractivity contribution is -0.119. The number of rotatable bonds is 5. The normalized spacial score (nSPS) is 15.2. The number of carbonyl (C=O) groups is 3. The molecule has 1 saturated carbocycles. The van der Waals surface area contributed by atoms with Crippen molar-refractivity contribution >= 4 is 17.8 Å². The van der Waals surface area contributed by atoms with E-state index < -0.39 is 23.5 Å². The van der Waals surface area contributed by atoms with Gasteiger partial charge in [0.2, 0.25) is 11.7 Å². The number of amides is 2. The van der Waals surface area contributed by atoms with E-state index in [4.69, 9.17) is 10.8 Å². The number of carboxylic acids is 1.